The van der Waals surface area contributed by atoms with E-state index in [0.29, 0.717) is 28.6 Å². The Kier molecular flexibility index (Phi) is 6.12. The number of hydrogen-bond acceptors (Lipinski definition) is 5. The number of carbonyl (C=O) groups is 1. The van der Waals surface area contributed by atoms with Crippen molar-refractivity contribution in [1.82, 2.24) is 0 Å². The van der Waals surface area contributed by atoms with Crippen molar-refractivity contribution in [2.75, 3.05) is 4.90 Å². The lowest BCUT2D eigenvalue weighted by Gasteiger charge is -2.41. The molecular formula is C28H23BrFN3OS. The molecule has 5 rings (SSSR count). The molecule has 3 aromatic rings. The first-order valence-electron chi connectivity index (χ1n) is 11.3. The zero-order valence-electron chi connectivity index (χ0n) is 19.3. The van der Waals surface area contributed by atoms with Crippen LogP contribution in [0, 0.1) is 31.0 Å². The first-order valence-corrected chi connectivity index (χ1v) is 12.9. The van der Waals surface area contributed by atoms with Gasteiger partial charge in [0.2, 0.25) is 0 Å². The van der Waals surface area contributed by atoms with Crippen LogP contribution in [0.1, 0.15) is 45.6 Å². The summed E-state index contributed by atoms with van der Waals surface area (Å²) in [7, 11) is 0. The largest absolute Gasteiger partial charge is 0.384 e. The van der Waals surface area contributed by atoms with E-state index in [9.17, 15) is 10.1 Å². The van der Waals surface area contributed by atoms with Gasteiger partial charge in [-0.1, -0.05) is 46.3 Å². The third-order valence-electron chi connectivity index (χ3n) is 6.78. The molecule has 0 amide bonds. The molecule has 35 heavy (non-hydrogen) atoms. The number of nitriles is 1. The molecule has 0 radical (unpaired) electrons. The minimum Gasteiger partial charge on any atom is -0.384 e. The van der Waals surface area contributed by atoms with Crippen LogP contribution in [0.15, 0.2) is 81.7 Å². The van der Waals surface area contributed by atoms with Gasteiger partial charge in [-0.3, -0.25) is 9.69 Å². The van der Waals surface area contributed by atoms with Gasteiger partial charge in [0.15, 0.2) is 5.78 Å². The van der Waals surface area contributed by atoms with Crippen LogP contribution in [0.5, 0.6) is 0 Å². The summed E-state index contributed by atoms with van der Waals surface area (Å²) in [6.07, 6.45) is 0.843. The third-order valence-corrected chi connectivity index (χ3v) is 8.25. The molecule has 2 N–H and O–H groups in total. The number of nitrogens with two attached hydrogens (primary N) is 1. The summed E-state index contributed by atoms with van der Waals surface area (Å²) in [5.41, 5.74) is 10.3. The first-order chi connectivity index (χ1) is 16.8. The predicted octanol–water partition coefficient (Wildman–Crippen LogP) is 6.97. The maximum Gasteiger partial charge on any atom is 0.162 e. The van der Waals surface area contributed by atoms with Crippen LogP contribution in [0.3, 0.4) is 0 Å². The lowest BCUT2D eigenvalue weighted by atomic mass is 9.72. The number of rotatable bonds is 3. The van der Waals surface area contributed by atoms with Gasteiger partial charge >= 0.3 is 0 Å². The van der Waals surface area contributed by atoms with Crippen LogP contribution in [0.2, 0.25) is 0 Å². The number of anilines is 1. The average molecular weight is 548 g/mol. The van der Waals surface area contributed by atoms with Crippen LogP contribution in [0.4, 0.5) is 10.1 Å². The number of allylic oxidation sites excluding steroid dienone is 3. The Morgan fingerprint density at radius 2 is 1.89 bits per heavy atom. The van der Waals surface area contributed by atoms with E-state index in [-0.39, 0.29) is 28.8 Å². The Bertz CT molecular complexity index is 1450. The molecule has 1 aliphatic carbocycles. The first kappa shape index (κ1) is 23.5. The fourth-order valence-electron chi connectivity index (χ4n) is 5.28. The Labute approximate surface area is 216 Å². The molecule has 2 heterocycles. The number of hydrogen-bond donors (Lipinski definition) is 1. The fraction of sp³-hybridized carbons (Fsp3) is 0.214. The smallest absolute Gasteiger partial charge is 0.162 e. The molecule has 2 atom stereocenters. The molecule has 0 bridgehead atoms. The Morgan fingerprint density at radius 1 is 1.14 bits per heavy atom. The SMILES string of the molecule is Cc1cc(C2C(C#N)=C(N)N(c3ccc(Br)cc3F)C3=C2C(=O)CC(c2ccccc2)C3)c(C)s1. The molecule has 4 nitrogen and oxygen atoms in total. The number of Topliss-reactive ketones (excluding diaryl/α,β-unsaturated/α-hetero) is 1. The molecule has 0 saturated heterocycles. The van der Waals surface area contributed by atoms with Gasteiger partial charge in [-0.05, 0) is 61.6 Å². The number of ketones is 1. The van der Waals surface area contributed by atoms with Crippen molar-refractivity contribution < 1.29 is 9.18 Å². The number of benzene rings is 2. The van der Waals surface area contributed by atoms with E-state index in [2.05, 4.69) is 22.0 Å². The topological polar surface area (TPSA) is 70.1 Å². The number of halogens is 2. The third kappa shape index (κ3) is 4.01. The molecular weight excluding hydrogens is 525 g/mol. The molecule has 0 saturated carbocycles. The summed E-state index contributed by atoms with van der Waals surface area (Å²) in [4.78, 5) is 17.6. The molecule has 0 spiro atoms. The highest BCUT2D eigenvalue weighted by atomic mass is 79.9. The standard InChI is InChI=1S/C28H23BrFN3OS/c1-15-10-20(16(2)35-15)26-21(14-31)28(32)33(23-9-8-19(29)13-22(23)30)24-11-18(12-25(34)27(24)26)17-6-4-3-5-7-17/h3-10,13,18,26H,11-12,32H2,1-2H3. The van der Waals surface area contributed by atoms with Crippen molar-refractivity contribution in [1.29, 1.82) is 5.26 Å². The molecule has 2 aromatic carbocycles. The Hall–Kier alpha value is -3.21. The highest BCUT2D eigenvalue weighted by Crippen LogP contribution is 2.50. The van der Waals surface area contributed by atoms with E-state index in [1.54, 1.807) is 28.4 Å². The molecule has 7 heteroatoms. The van der Waals surface area contributed by atoms with Gasteiger partial charge in [-0.2, -0.15) is 5.26 Å². The van der Waals surface area contributed by atoms with E-state index in [4.69, 9.17) is 5.73 Å². The summed E-state index contributed by atoms with van der Waals surface area (Å²) in [5.74, 6) is -0.968. The fourth-order valence-corrected chi connectivity index (χ4v) is 6.57. The average Bonchev–Trinajstić information content (AvgIpc) is 3.17. The van der Waals surface area contributed by atoms with Crippen molar-refractivity contribution in [2.24, 2.45) is 5.73 Å². The summed E-state index contributed by atoms with van der Waals surface area (Å²) in [6.45, 7) is 4.01. The number of thiophene rings is 1. The van der Waals surface area contributed by atoms with Crippen LogP contribution in [-0.2, 0) is 4.79 Å². The summed E-state index contributed by atoms with van der Waals surface area (Å²) < 4.78 is 15.9. The number of aryl methyl sites for hydroxylation is 2. The minimum atomic E-state index is -0.557. The van der Waals surface area contributed by atoms with Crippen LogP contribution in [0.25, 0.3) is 0 Å². The zero-order valence-corrected chi connectivity index (χ0v) is 21.7. The lowest BCUT2D eigenvalue weighted by Crippen LogP contribution is -2.40. The van der Waals surface area contributed by atoms with Crippen molar-refractivity contribution in [3.63, 3.8) is 0 Å². The van der Waals surface area contributed by atoms with Gasteiger partial charge in [-0.25, -0.2) is 4.39 Å². The molecule has 2 aliphatic rings. The van der Waals surface area contributed by atoms with Crippen LogP contribution in [-0.4, -0.2) is 5.78 Å². The van der Waals surface area contributed by atoms with E-state index in [1.807, 2.05) is 50.2 Å². The Morgan fingerprint density at radius 3 is 2.51 bits per heavy atom. The van der Waals surface area contributed by atoms with E-state index in [0.717, 1.165) is 20.9 Å². The molecule has 2 unspecified atom stereocenters. The summed E-state index contributed by atoms with van der Waals surface area (Å²) >= 11 is 4.94. The van der Waals surface area contributed by atoms with Gasteiger partial charge in [0, 0.05) is 31.9 Å². The van der Waals surface area contributed by atoms with E-state index < -0.39 is 11.7 Å². The van der Waals surface area contributed by atoms with Crippen molar-refractivity contribution in [3.8, 4) is 6.07 Å². The number of carbonyl (C=O) groups excluding carboxylic acids is 1. The maximum absolute atomic E-state index is 15.3. The number of nitrogens with zero attached hydrogens (tertiary/aromatic N) is 2. The molecule has 0 fully saturated rings. The highest BCUT2D eigenvalue weighted by molar-refractivity contribution is 9.10. The minimum absolute atomic E-state index is 0.0314. The maximum atomic E-state index is 15.3. The van der Waals surface area contributed by atoms with Crippen LogP contribution < -0.4 is 10.6 Å². The zero-order chi connectivity index (χ0) is 24.9. The van der Waals surface area contributed by atoms with Gasteiger partial charge in [-0.15, -0.1) is 11.3 Å². The monoisotopic (exact) mass is 547 g/mol. The lowest BCUT2D eigenvalue weighted by molar-refractivity contribution is -0.116. The quantitative estimate of drug-likeness (QED) is 0.384. The predicted molar refractivity (Wildman–Crippen MR) is 140 cm³/mol. The second-order valence-electron chi connectivity index (χ2n) is 8.94. The van der Waals surface area contributed by atoms with Gasteiger partial charge in [0.25, 0.3) is 0 Å². The van der Waals surface area contributed by atoms with Crippen LogP contribution >= 0.6 is 27.3 Å². The normalized spacial score (nSPS) is 20.2. The van der Waals surface area contributed by atoms with Crippen molar-refractivity contribution in [3.05, 3.63) is 108 Å². The molecule has 176 valence electrons. The van der Waals surface area contributed by atoms with Gasteiger partial charge < -0.3 is 5.73 Å². The van der Waals surface area contributed by atoms with E-state index in [1.165, 1.54) is 6.07 Å². The summed E-state index contributed by atoms with van der Waals surface area (Å²) in [6, 6.07) is 18.9. The summed E-state index contributed by atoms with van der Waals surface area (Å²) in [5, 5.41) is 10.2. The van der Waals surface area contributed by atoms with E-state index >= 15 is 4.39 Å². The van der Waals surface area contributed by atoms with Crippen molar-refractivity contribution in [2.45, 2.75) is 38.5 Å². The second-order valence-corrected chi connectivity index (χ2v) is 11.3. The van der Waals surface area contributed by atoms with Gasteiger partial charge in [0.1, 0.15) is 11.6 Å². The highest BCUT2D eigenvalue weighted by Gasteiger charge is 2.44. The second kappa shape index (κ2) is 9.10. The molecule has 1 aromatic heterocycles. The van der Waals surface area contributed by atoms with Gasteiger partial charge in [0.05, 0.1) is 23.2 Å². The Balaban J connectivity index is 1.76. The van der Waals surface area contributed by atoms with Crippen molar-refractivity contribution >= 4 is 38.7 Å². The molecule has 1 aliphatic heterocycles.